The minimum absolute atomic E-state index is 0.678. The van der Waals surface area contributed by atoms with E-state index in [1.807, 2.05) is 31.2 Å². The summed E-state index contributed by atoms with van der Waals surface area (Å²) in [4.78, 5) is 4.45. The van der Waals surface area contributed by atoms with Gasteiger partial charge in [-0.15, -0.1) is 0 Å². The van der Waals surface area contributed by atoms with Gasteiger partial charge in [-0.05, 0) is 37.6 Å². The van der Waals surface area contributed by atoms with Gasteiger partial charge in [0.25, 0.3) is 0 Å². The highest BCUT2D eigenvalue weighted by atomic mass is 16.5. The lowest BCUT2D eigenvalue weighted by Gasteiger charge is -1.99. The van der Waals surface area contributed by atoms with E-state index in [9.17, 15) is 0 Å². The Bertz CT molecular complexity index is 471. The Morgan fingerprint density at radius 1 is 1.25 bits per heavy atom. The van der Waals surface area contributed by atoms with Crippen molar-refractivity contribution in [3.05, 3.63) is 35.7 Å². The number of aromatic nitrogens is 1. The van der Waals surface area contributed by atoms with Gasteiger partial charge in [-0.3, -0.25) is 0 Å². The average molecular weight is 217 g/mol. The molecule has 3 heteroatoms. The topological polar surface area (TPSA) is 35.3 Å². The van der Waals surface area contributed by atoms with Crippen LogP contribution in [0.15, 0.2) is 28.7 Å². The Morgan fingerprint density at radius 3 is 2.44 bits per heavy atom. The number of hydrogen-bond donors (Lipinski definition) is 0. The first-order chi connectivity index (χ1) is 7.74. The van der Waals surface area contributed by atoms with E-state index in [0.717, 1.165) is 29.2 Å². The summed E-state index contributed by atoms with van der Waals surface area (Å²) < 4.78 is 10.7. The molecule has 0 aliphatic heterocycles. The van der Waals surface area contributed by atoms with Crippen LogP contribution in [0.2, 0.25) is 0 Å². The van der Waals surface area contributed by atoms with E-state index in [4.69, 9.17) is 9.15 Å². The number of benzene rings is 1. The molecule has 1 aromatic heterocycles. The van der Waals surface area contributed by atoms with E-state index >= 15 is 0 Å². The van der Waals surface area contributed by atoms with Crippen LogP contribution in [-0.2, 0) is 6.42 Å². The van der Waals surface area contributed by atoms with E-state index < -0.39 is 0 Å². The third-order valence-corrected chi connectivity index (χ3v) is 2.56. The van der Waals surface area contributed by atoms with Crippen LogP contribution in [0, 0.1) is 6.92 Å². The molecule has 3 nitrogen and oxygen atoms in total. The van der Waals surface area contributed by atoms with Crippen molar-refractivity contribution in [3.8, 4) is 17.2 Å². The molecular formula is C13H15NO2. The van der Waals surface area contributed by atoms with Gasteiger partial charge in [-0.2, -0.15) is 0 Å². The predicted octanol–water partition coefficient (Wildman–Crippen LogP) is 3.22. The summed E-state index contributed by atoms with van der Waals surface area (Å²) in [6.45, 7) is 4.02. The molecule has 16 heavy (non-hydrogen) atoms. The Labute approximate surface area is 95.1 Å². The van der Waals surface area contributed by atoms with Crippen molar-refractivity contribution < 1.29 is 9.15 Å². The zero-order valence-electron chi connectivity index (χ0n) is 9.78. The van der Waals surface area contributed by atoms with Gasteiger partial charge in [-0.25, -0.2) is 4.98 Å². The van der Waals surface area contributed by atoms with Gasteiger partial charge in [0.15, 0.2) is 0 Å². The Morgan fingerprint density at radius 2 is 1.94 bits per heavy atom. The molecule has 2 aromatic rings. The van der Waals surface area contributed by atoms with Crippen molar-refractivity contribution in [2.24, 2.45) is 0 Å². The zero-order valence-corrected chi connectivity index (χ0v) is 9.78. The monoisotopic (exact) mass is 217 g/mol. The molecule has 0 spiro atoms. The lowest BCUT2D eigenvalue weighted by Crippen LogP contribution is -1.84. The zero-order chi connectivity index (χ0) is 11.5. The maximum atomic E-state index is 5.61. The fourth-order valence-electron chi connectivity index (χ4n) is 1.61. The highest BCUT2D eigenvalue weighted by Gasteiger charge is 2.09. The van der Waals surface area contributed by atoms with Gasteiger partial charge >= 0.3 is 0 Å². The number of methoxy groups -OCH3 is 1. The number of ether oxygens (including phenoxy) is 1. The Kier molecular flexibility index (Phi) is 2.95. The van der Waals surface area contributed by atoms with Gasteiger partial charge in [-0.1, -0.05) is 6.92 Å². The number of oxazole rings is 1. The van der Waals surface area contributed by atoms with Crippen molar-refractivity contribution >= 4 is 0 Å². The molecule has 0 bridgehead atoms. The van der Waals surface area contributed by atoms with Gasteiger partial charge in [0.05, 0.1) is 12.8 Å². The molecule has 84 valence electrons. The SMILES string of the molecule is CCc1nc(-c2ccc(OC)cc2)oc1C. The van der Waals surface area contributed by atoms with Gasteiger partial charge in [0.1, 0.15) is 11.5 Å². The van der Waals surface area contributed by atoms with Crippen LogP contribution in [0.4, 0.5) is 0 Å². The molecule has 0 unspecified atom stereocenters. The molecule has 0 amide bonds. The second-order valence-electron chi connectivity index (χ2n) is 3.60. The van der Waals surface area contributed by atoms with Crippen molar-refractivity contribution in [3.63, 3.8) is 0 Å². The van der Waals surface area contributed by atoms with Crippen LogP contribution < -0.4 is 4.74 Å². The molecule has 0 saturated heterocycles. The van der Waals surface area contributed by atoms with Gasteiger partial charge in [0.2, 0.25) is 5.89 Å². The number of nitrogens with zero attached hydrogens (tertiary/aromatic N) is 1. The highest BCUT2D eigenvalue weighted by molar-refractivity contribution is 5.55. The van der Waals surface area contributed by atoms with E-state index in [1.54, 1.807) is 7.11 Å². The largest absolute Gasteiger partial charge is 0.497 e. The summed E-state index contributed by atoms with van der Waals surface area (Å²) in [5.74, 6) is 2.41. The summed E-state index contributed by atoms with van der Waals surface area (Å²) in [5, 5.41) is 0. The first-order valence-corrected chi connectivity index (χ1v) is 5.35. The third-order valence-electron chi connectivity index (χ3n) is 2.56. The maximum Gasteiger partial charge on any atom is 0.226 e. The summed E-state index contributed by atoms with van der Waals surface area (Å²) in [6, 6.07) is 7.70. The summed E-state index contributed by atoms with van der Waals surface area (Å²) in [6.07, 6.45) is 0.894. The molecule has 1 aromatic carbocycles. The Balaban J connectivity index is 2.34. The molecule has 0 radical (unpaired) electrons. The summed E-state index contributed by atoms with van der Waals surface area (Å²) in [7, 11) is 1.65. The average Bonchev–Trinajstić information content (AvgIpc) is 2.71. The van der Waals surface area contributed by atoms with E-state index in [2.05, 4.69) is 11.9 Å². The first-order valence-electron chi connectivity index (χ1n) is 5.35. The molecule has 0 saturated carbocycles. The van der Waals surface area contributed by atoms with Crippen LogP contribution in [0.5, 0.6) is 5.75 Å². The van der Waals surface area contributed by atoms with E-state index in [0.29, 0.717) is 5.89 Å². The third kappa shape index (κ3) is 1.94. The van der Waals surface area contributed by atoms with Crippen LogP contribution in [-0.4, -0.2) is 12.1 Å². The van der Waals surface area contributed by atoms with Gasteiger partial charge in [0, 0.05) is 5.56 Å². The fraction of sp³-hybridized carbons (Fsp3) is 0.308. The molecular weight excluding hydrogens is 202 g/mol. The number of hydrogen-bond acceptors (Lipinski definition) is 3. The minimum Gasteiger partial charge on any atom is -0.497 e. The molecule has 1 heterocycles. The summed E-state index contributed by atoms with van der Waals surface area (Å²) in [5.41, 5.74) is 1.99. The van der Waals surface area contributed by atoms with Crippen LogP contribution >= 0.6 is 0 Å². The van der Waals surface area contributed by atoms with Crippen molar-refractivity contribution in [1.29, 1.82) is 0 Å². The maximum absolute atomic E-state index is 5.61. The number of rotatable bonds is 3. The molecule has 0 aliphatic rings. The standard InChI is InChI=1S/C13H15NO2/c1-4-12-9(2)16-13(14-12)10-5-7-11(15-3)8-6-10/h5-8H,4H2,1-3H3. The van der Waals surface area contributed by atoms with Gasteiger partial charge < -0.3 is 9.15 Å². The van der Waals surface area contributed by atoms with Crippen molar-refractivity contribution in [2.45, 2.75) is 20.3 Å². The number of aryl methyl sites for hydroxylation is 2. The smallest absolute Gasteiger partial charge is 0.226 e. The lowest BCUT2D eigenvalue weighted by molar-refractivity contribution is 0.415. The van der Waals surface area contributed by atoms with Crippen LogP contribution in [0.25, 0.3) is 11.5 Å². The first kappa shape index (κ1) is 10.7. The lowest BCUT2D eigenvalue weighted by atomic mass is 10.2. The fourth-order valence-corrected chi connectivity index (χ4v) is 1.61. The second kappa shape index (κ2) is 4.39. The van der Waals surface area contributed by atoms with E-state index in [1.165, 1.54) is 0 Å². The highest BCUT2D eigenvalue weighted by Crippen LogP contribution is 2.23. The summed E-state index contributed by atoms with van der Waals surface area (Å²) >= 11 is 0. The van der Waals surface area contributed by atoms with Crippen molar-refractivity contribution in [2.75, 3.05) is 7.11 Å². The molecule has 0 aliphatic carbocycles. The quantitative estimate of drug-likeness (QED) is 0.791. The molecule has 2 rings (SSSR count). The Hall–Kier alpha value is -1.77. The van der Waals surface area contributed by atoms with Crippen LogP contribution in [0.1, 0.15) is 18.4 Å². The van der Waals surface area contributed by atoms with Crippen molar-refractivity contribution in [1.82, 2.24) is 4.98 Å². The minimum atomic E-state index is 0.678. The predicted molar refractivity (Wildman–Crippen MR) is 62.6 cm³/mol. The normalized spacial score (nSPS) is 10.4. The molecule has 0 fully saturated rings. The van der Waals surface area contributed by atoms with E-state index in [-0.39, 0.29) is 0 Å². The van der Waals surface area contributed by atoms with Crippen LogP contribution in [0.3, 0.4) is 0 Å². The second-order valence-corrected chi connectivity index (χ2v) is 3.60. The molecule has 0 atom stereocenters. The molecule has 0 N–H and O–H groups in total.